The number of nitrogens with two attached hydrogens (primary N) is 1. The molecule has 0 amide bonds. The second kappa shape index (κ2) is 7.16. The molecule has 1 unspecified atom stereocenters. The summed E-state index contributed by atoms with van der Waals surface area (Å²) in [5.74, 6) is 2.46. The van der Waals surface area contributed by atoms with Crippen LogP contribution in [-0.4, -0.2) is 36.1 Å². The molecular weight excluding hydrogens is 226 g/mol. The second-order valence-electron chi connectivity index (χ2n) is 5.07. The fourth-order valence-corrected chi connectivity index (χ4v) is 1.51. The summed E-state index contributed by atoms with van der Waals surface area (Å²) in [6, 6.07) is 2.23. The first kappa shape index (κ1) is 14.7. The summed E-state index contributed by atoms with van der Waals surface area (Å²) in [6.45, 7) is 8.04. The van der Waals surface area contributed by atoms with Crippen LogP contribution in [0.5, 0.6) is 0 Å². The van der Waals surface area contributed by atoms with Gasteiger partial charge in [0.2, 0.25) is 0 Å². The summed E-state index contributed by atoms with van der Waals surface area (Å²) >= 11 is 0. The van der Waals surface area contributed by atoms with Crippen LogP contribution in [0.25, 0.3) is 0 Å². The Labute approximate surface area is 110 Å². The van der Waals surface area contributed by atoms with Crippen LogP contribution in [0.4, 0.5) is 11.6 Å². The average molecular weight is 251 g/mol. The molecule has 0 saturated heterocycles. The Kier molecular flexibility index (Phi) is 5.85. The third kappa shape index (κ3) is 4.49. The highest BCUT2D eigenvalue weighted by Crippen LogP contribution is 2.14. The van der Waals surface area contributed by atoms with Crippen LogP contribution in [0.15, 0.2) is 12.4 Å². The minimum absolute atomic E-state index is 0.267. The van der Waals surface area contributed by atoms with Crippen LogP contribution < -0.4 is 16.0 Å². The average Bonchev–Trinajstić information content (AvgIpc) is 2.37. The van der Waals surface area contributed by atoms with Gasteiger partial charge in [-0.15, -0.1) is 0 Å². The van der Waals surface area contributed by atoms with E-state index in [1.54, 1.807) is 6.33 Å². The first-order valence-electron chi connectivity index (χ1n) is 6.53. The molecule has 0 bridgehead atoms. The zero-order valence-electron chi connectivity index (χ0n) is 11.8. The van der Waals surface area contributed by atoms with Gasteiger partial charge in [0.1, 0.15) is 18.0 Å². The van der Waals surface area contributed by atoms with E-state index in [0.29, 0.717) is 12.5 Å². The lowest BCUT2D eigenvalue weighted by atomic mass is 10.1. The zero-order valence-corrected chi connectivity index (χ0v) is 11.8. The fourth-order valence-electron chi connectivity index (χ4n) is 1.51. The summed E-state index contributed by atoms with van der Waals surface area (Å²) in [5.41, 5.74) is 5.66. The molecule has 1 aromatic rings. The van der Waals surface area contributed by atoms with Crippen LogP contribution in [0, 0.1) is 5.92 Å². The number of rotatable bonds is 7. The quantitative estimate of drug-likeness (QED) is 0.772. The SMILES string of the molecule is CC(C)CCNc1cc(N(C)C(C)CN)ncn1. The molecule has 102 valence electrons. The maximum Gasteiger partial charge on any atom is 0.134 e. The molecule has 5 nitrogen and oxygen atoms in total. The van der Waals surface area contributed by atoms with Crippen molar-refractivity contribution in [2.75, 3.05) is 30.4 Å². The van der Waals surface area contributed by atoms with Gasteiger partial charge < -0.3 is 16.0 Å². The smallest absolute Gasteiger partial charge is 0.134 e. The van der Waals surface area contributed by atoms with Gasteiger partial charge in [0.15, 0.2) is 0 Å². The van der Waals surface area contributed by atoms with E-state index in [4.69, 9.17) is 5.73 Å². The van der Waals surface area contributed by atoms with E-state index in [0.717, 1.165) is 24.6 Å². The molecule has 0 radical (unpaired) electrons. The molecule has 0 fully saturated rings. The lowest BCUT2D eigenvalue weighted by Gasteiger charge is -2.24. The molecule has 0 aliphatic rings. The zero-order chi connectivity index (χ0) is 13.5. The van der Waals surface area contributed by atoms with Crippen molar-refractivity contribution in [2.24, 2.45) is 11.7 Å². The van der Waals surface area contributed by atoms with Crippen molar-refractivity contribution in [2.45, 2.75) is 33.2 Å². The van der Waals surface area contributed by atoms with Crippen LogP contribution >= 0.6 is 0 Å². The van der Waals surface area contributed by atoms with E-state index in [2.05, 4.69) is 41.0 Å². The van der Waals surface area contributed by atoms with Gasteiger partial charge in [-0.05, 0) is 19.3 Å². The minimum atomic E-state index is 0.267. The number of likely N-dealkylation sites (N-methyl/N-ethyl adjacent to an activating group) is 1. The number of aromatic nitrogens is 2. The van der Waals surface area contributed by atoms with Gasteiger partial charge in [0.25, 0.3) is 0 Å². The van der Waals surface area contributed by atoms with Gasteiger partial charge in [0, 0.05) is 32.2 Å². The van der Waals surface area contributed by atoms with E-state index < -0.39 is 0 Å². The maximum atomic E-state index is 5.66. The van der Waals surface area contributed by atoms with Crippen molar-refractivity contribution < 1.29 is 0 Å². The molecule has 1 atom stereocenters. The minimum Gasteiger partial charge on any atom is -0.370 e. The first-order chi connectivity index (χ1) is 8.54. The predicted octanol–water partition coefficient (Wildman–Crippen LogP) is 1.72. The molecule has 0 aromatic carbocycles. The highest BCUT2D eigenvalue weighted by atomic mass is 15.2. The highest BCUT2D eigenvalue weighted by molar-refractivity contribution is 5.48. The molecule has 1 aromatic heterocycles. The lowest BCUT2D eigenvalue weighted by molar-refractivity contribution is 0.606. The molecule has 0 aliphatic carbocycles. The number of anilines is 2. The van der Waals surface area contributed by atoms with Gasteiger partial charge in [-0.3, -0.25) is 0 Å². The van der Waals surface area contributed by atoms with Crippen LogP contribution in [-0.2, 0) is 0 Å². The van der Waals surface area contributed by atoms with E-state index in [1.165, 1.54) is 0 Å². The maximum absolute atomic E-state index is 5.66. The normalized spacial score (nSPS) is 12.6. The predicted molar refractivity (Wildman–Crippen MR) is 76.9 cm³/mol. The number of nitrogens with one attached hydrogen (secondary N) is 1. The molecule has 1 rings (SSSR count). The fraction of sp³-hybridized carbons (Fsp3) is 0.692. The van der Waals surface area contributed by atoms with Gasteiger partial charge in [-0.25, -0.2) is 9.97 Å². The van der Waals surface area contributed by atoms with E-state index in [1.807, 2.05) is 13.1 Å². The monoisotopic (exact) mass is 251 g/mol. The second-order valence-corrected chi connectivity index (χ2v) is 5.07. The molecule has 0 aliphatic heterocycles. The van der Waals surface area contributed by atoms with E-state index in [9.17, 15) is 0 Å². The third-order valence-electron chi connectivity index (χ3n) is 3.04. The molecule has 0 saturated carbocycles. The Hall–Kier alpha value is -1.36. The van der Waals surface area contributed by atoms with Crippen molar-refractivity contribution in [3.8, 4) is 0 Å². The van der Waals surface area contributed by atoms with E-state index >= 15 is 0 Å². The van der Waals surface area contributed by atoms with Crippen molar-refractivity contribution in [3.05, 3.63) is 12.4 Å². The Balaban J connectivity index is 2.61. The topological polar surface area (TPSA) is 67.1 Å². The van der Waals surface area contributed by atoms with Crippen molar-refractivity contribution in [1.29, 1.82) is 0 Å². The summed E-state index contributed by atoms with van der Waals surface area (Å²) < 4.78 is 0. The standard InChI is InChI=1S/C13H25N5/c1-10(2)5-6-15-12-7-13(17-9-16-12)18(4)11(3)8-14/h7,9-11H,5-6,8,14H2,1-4H3,(H,15,16,17). The Morgan fingerprint density at radius 3 is 2.67 bits per heavy atom. The lowest BCUT2D eigenvalue weighted by Crippen LogP contribution is -2.35. The van der Waals surface area contributed by atoms with Crippen molar-refractivity contribution in [1.82, 2.24) is 9.97 Å². The molecule has 1 heterocycles. The van der Waals surface area contributed by atoms with Crippen molar-refractivity contribution >= 4 is 11.6 Å². The number of hydrogen-bond donors (Lipinski definition) is 2. The van der Waals surface area contributed by atoms with Gasteiger partial charge in [0.05, 0.1) is 0 Å². The number of hydrogen-bond acceptors (Lipinski definition) is 5. The summed E-state index contributed by atoms with van der Waals surface area (Å²) in [5, 5.41) is 3.32. The molecule has 5 heteroatoms. The van der Waals surface area contributed by atoms with Crippen molar-refractivity contribution in [3.63, 3.8) is 0 Å². The molecular formula is C13H25N5. The van der Waals surface area contributed by atoms with Crippen LogP contribution in [0.3, 0.4) is 0 Å². The summed E-state index contributed by atoms with van der Waals surface area (Å²) in [6.07, 6.45) is 2.72. The Bertz CT molecular complexity index is 353. The first-order valence-corrected chi connectivity index (χ1v) is 6.53. The Morgan fingerprint density at radius 1 is 1.33 bits per heavy atom. The van der Waals surface area contributed by atoms with Gasteiger partial charge in [-0.2, -0.15) is 0 Å². The number of nitrogens with zero attached hydrogens (tertiary/aromatic N) is 3. The molecule has 18 heavy (non-hydrogen) atoms. The van der Waals surface area contributed by atoms with E-state index in [-0.39, 0.29) is 6.04 Å². The van der Waals surface area contributed by atoms with Gasteiger partial charge >= 0.3 is 0 Å². The highest BCUT2D eigenvalue weighted by Gasteiger charge is 2.10. The Morgan fingerprint density at radius 2 is 2.06 bits per heavy atom. The van der Waals surface area contributed by atoms with Crippen LogP contribution in [0.1, 0.15) is 27.2 Å². The molecule has 0 spiro atoms. The summed E-state index contributed by atoms with van der Waals surface area (Å²) in [4.78, 5) is 10.6. The summed E-state index contributed by atoms with van der Waals surface area (Å²) in [7, 11) is 2.00. The molecule has 3 N–H and O–H groups in total. The van der Waals surface area contributed by atoms with Gasteiger partial charge in [-0.1, -0.05) is 13.8 Å². The third-order valence-corrected chi connectivity index (χ3v) is 3.04. The largest absolute Gasteiger partial charge is 0.370 e. The van der Waals surface area contributed by atoms with Crippen LogP contribution in [0.2, 0.25) is 0 Å².